The van der Waals surface area contributed by atoms with Crippen LogP contribution in [0.4, 0.5) is 11.4 Å². The molecule has 9 nitrogen and oxygen atoms in total. The number of para-hydroxylation sites is 1. The number of carbonyl (C=O) groups excluding carboxylic acids is 2. The number of rotatable bonds is 6. The van der Waals surface area contributed by atoms with Crippen molar-refractivity contribution in [1.82, 2.24) is 10.6 Å². The lowest BCUT2D eigenvalue weighted by Crippen LogP contribution is -2.55. The van der Waals surface area contributed by atoms with Crippen molar-refractivity contribution in [3.8, 4) is 0 Å². The molecule has 0 radical (unpaired) electrons. The van der Waals surface area contributed by atoms with Gasteiger partial charge in [0.2, 0.25) is 0 Å². The third kappa shape index (κ3) is 4.66. The van der Waals surface area contributed by atoms with E-state index in [1.807, 2.05) is 24.0 Å². The Kier molecular flexibility index (Phi) is 5.85. The molecule has 31 heavy (non-hydrogen) atoms. The summed E-state index contributed by atoms with van der Waals surface area (Å²) in [6, 6.07) is 11.6. The van der Waals surface area contributed by atoms with Crippen LogP contribution >= 0.6 is 0 Å². The molecule has 0 bridgehead atoms. The second-order valence-corrected chi connectivity index (χ2v) is 7.78. The third-order valence-corrected chi connectivity index (χ3v) is 5.46. The summed E-state index contributed by atoms with van der Waals surface area (Å²) < 4.78 is 5.56. The van der Waals surface area contributed by atoms with E-state index in [1.54, 1.807) is 12.1 Å². The highest BCUT2D eigenvalue weighted by atomic mass is 16.6. The van der Waals surface area contributed by atoms with Crippen LogP contribution in [0.15, 0.2) is 42.5 Å². The summed E-state index contributed by atoms with van der Waals surface area (Å²) in [5.74, 6) is -0.661. The van der Waals surface area contributed by atoms with E-state index in [0.29, 0.717) is 18.7 Å². The lowest BCUT2D eigenvalue weighted by molar-refractivity contribution is -0.385. The van der Waals surface area contributed by atoms with E-state index in [1.165, 1.54) is 18.2 Å². The minimum absolute atomic E-state index is 0.00712. The van der Waals surface area contributed by atoms with E-state index in [-0.39, 0.29) is 29.8 Å². The van der Waals surface area contributed by atoms with Gasteiger partial charge in [0.15, 0.2) is 0 Å². The van der Waals surface area contributed by atoms with Gasteiger partial charge in [-0.15, -0.1) is 0 Å². The van der Waals surface area contributed by atoms with Crippen LogP contribution < -0.4 is 15.5 Å². The van der Waals surface area contributed by atoms with Gasteiger partial charge in [-0.05, 0) is 43.5 Å². The predicted octanol–water partition coefficient (Wildman–Crippen LogP) is 2.39. The van der Waals surface area contributed by atoms with Crippen molar-refractivity contribution in [3.05, 3.63) is 69.3 Å². The summed E-state index contributed by atoms with van der Waals surface area (Å²) in [5, 5.41) is 17.1. The Morgan fingerprint density at radius 3 is 2.65 bits per heavy atom. The van der Waals surface area contributed by atoms with Gasteiger partial charge in [0.1, 0.15) is 11.7 Å². The van der Waals surface area contributed by atoms with Crippen LogP contribution in [0.2, 0.25) is 0 Å². The van der Waals surface area contributed by atoms with Gasteiger partial charge in [0.05, 0.1) is 18.1 Å². The molecule has 1 unspecified atom stereocenters. The molecule has 1 aliphatic heterocycles. The van der Waals surface area contributed by atoms with Gasteiger partial charge in [-0.3, -0.25) is 19.7 Å². The van der Waals surface area contributed by atoms with Gasteiger partial charge in [-0.2, -0.15) is 0 Å². The zero-order valence-corrected chi connectivity index (χ0v) is 17.2. The van der Waals surface area contributed by atoms with Gasteiger partial charge in [-0.25, -0.2) is 0 Å². The average molecular weight is 424 g/mol. The summed E-state index contributed by atoms with van der Waals surface area (Å²) in [7, 11) is 0. The maximum absolute atomic E-state index is 12.8. The normalized spacial score (nSPS) is 18.4. The molecular formula is C22H24N4O5. The molecule has 4 rings (SSSR count). The molecule has 2 aromatic carbocycles. The average Bonchev–Trinajstić information content (AvgIpc) is 3.58. The van der Waals surface area contributed by atoms with Crippen LogP contribution in [-0.4, -0.2) is 48.7 Å². The lowest BCUT2D eigenvalue weighted by Gasteiger charge is -2.38. The molecule has 1 aliphatic carbocycles. The zero-order valence-electron chi connectivity index (χ0n) is 17.2. The fourth-order valence-electron chi connectivity index (χ4n) is 3.62. The highest BCUT2D eigenvalue weighted by Crippen LogP contribution is 2.26. The Morgan fingerprint density at radius 1 is 1.13 bits per heavy atom. The van der Waals surface area contributed by atoms with Gasteiger partial charge < -0.3 is 20.3 Å². The molecule has 2 N–H and O–H groups in total. The van der Waals surface area contributed by atoms with E-state index in [4.69, 9.17) is 4.74 Å². The minimum atomic E-state index is -0.573. The Bertz CT molecular complexity index is 1020. The molecule has 2 amide bonds. The van der Waals surface area contributed by atoms with E-state index < -0.39 is 17.0 Å². The number of hydrogen-bond acceptors (Lipinski definition) is 6. The van der Waals surface area contributed by atoms with Crippen LogP contribution in [0, 0.1) is 17.0 Å². The van der Waals surface area contributed by atoms with Crippen molar-refractivity contribution in [2.24, 2.45) is 0 Å². The number of nitro benzene ring substituents is 1. The second-order valence-electron chi connectivity index (χ2n) is 7.78. The molecule has 2 aromatic rings. The zero-order chi connectivity index (χ0) is 22.0. The number of nitrogens with zero attached hydrogens (tertiary/aromatic N) is 2. The van der Waals surface area contributed by atoms with Crippen molar-refractivity contribution in [3.63, 3.8) is 0 Å². The molecule has 2 aliphatic rings. The lowest BCUT2D eigenvalue weighted by atomic mass is 10.1. The minimum Gasteiger partial charge on any atom is -0.376 e. The number of morpholine rings is 1. The number of nitrogens with one attached hydrogen (secondary N) is 2. The van der Waals surface area contributed by atoms with Crippen LogP contribution in [0.5, 0.6) is 0 Å². The van der Waals surface area contributed by atoms with Crippen LogP contribution in [0.25, 0.3) is 0 Å². The molecule has 162 valence electrons. The van der Waals surface area contributed by atoms with Gasteiger partial charge in [0.25, 0.3) is 17.5 Å². The number of ether oxygens (including phenoxy) is 1. The SMILES string of the molecule is Cc1ccc(C(=O)NC2CC2)cc1N1CCOCC1NC(=O)c1ccccc1[N+](=O)[O-]. The Labute approximate surface area is 179 Å². The molecule has 2 fully saturated rings. The first-order valence-electron chi connectivity index (χ1n) is 10.2. The second kappa shape index (κ2) is 8.73. The molecule has 0 spiro atoms. The van der Waals surface area contributed by atoms with Crippen molar-refractivity contribution < 1.29 is 19.2 Å². The van der Waals surface area contributed by atoms with E-state index in [9.17, 15) is 19.7 Å². The number of carbonyl (C=O) groups is 2. The molecule has 0 aromatic heterocycles. The topological polar surface area (TPSA) is 114 Å². The molecule has 1 saturated carbocycles. The van der Waals surface area contributed by atoms with E-state index in [2.05, 4.69) is 10.6 Å². The number of aryl methyl sites for hydroxylation is 1. The van der Waals surface area contributed by atoms with Crippen LogP contribution in [0.3, 0.4) is 0 Å². The molecule has 1 atom stereocenters. The number of benzene rings is 2. The van der Waals surface area contributed by atoms with Crippen molar-refractivity contribution in [2.75, 3.05) is 24.7 Å². The fraction of sp³-hybridized carbons (Fsp3) is 0.364. The number of nitro groups is 1. The first-order chi connectivity index (χ1) is 14.9. The summed E-state index contributed by atoms with van der Waals surface area (Å²) in [5.41, 5.74) is 2.07. The molecule has 1 heterocycles. The number of anilines is 1. The monoisotopic (exact) mass is 424 g/mol. The first-order valence-corrected chi connectivity index (χ1v) is 10.2. The Hall–Kier alpha value is -3.46. The number of hydrogen-bond donors (Lipinski definition) is 2. The van der Waals surface area contributed by atoms with Crippen LogP contribution in [0.1, 0.15) is 39.1 Å². The molecular weight excluding hydrogens is 400 g/mol. The highest BCUT2D eigenvalue weighted by Gasteiger charge is 2.29. The largest absolute Gasteiger partial charge is 0.376 e. The standard InChI is InChI=1S/C22H24N4O5/c1-14-6-7-15(21(27)23-16-8-9-16)12-19(14)25-10-11-31-13-20(25)24-22(28)17-4-2-3-5-18(17)26(29)30/h2-7,12,16,20H,8-11,13H2,1H3,(H,23,27)(H,24,28). The van der Waals surface area contributed by atoms with E-state index in [0.717, 1.165) is 24.1 Å². The van der Waals surface area contributed by atoms with Crippen molar-refractivity contribution in [2.45, 2.75) is 32.0 Å². The Balaban J connectivity index is 1.57. The molecule has 1 saturated heterocycles. The fourth-order valence-corrected chi connectivity index (χ4v) is 3.62. The first kappa shape index (κ1) is 20.8. The summed E-state index contributed by atoms with van der Waals surface area (Å²) in [6.45, 7) is 3.14. The smallest absolute Gasteiger partial charge is 0.282 e. The Morgan fingerprint density at radius 2 is 1.90 bits per heavy atom. The number of amides is 2. The summed E-state index contributed by atoms with van der Waals surface area (Å²) in [4.78, 5) is 38.0. The van der Waals surface area contributed by atoms with Crippen molar-refractivity contribution in [1.29, 1.82) is 0 Å². The van der Waals surface area contributed by atoms with Crippen LogP contribution in [-0.2, 0) is 4.74 Å². The maximum atomic E-state index is 12.8. The van der Waals surface area contributed by atoms with Crippen molar-refractivity contribution >= 4 is 23.2 Å². The maximum Gasteiger partial charge on any atom is 0.282 e. The quantitative estimate of drug-likeness (QED) is 0.544. The third-order valence-electron chi connectivity index (χ3n) is 5.46. The van der Waals surface area contributed by atoms with Gasteiger partial charge in [-0.1, -0.05) is 18.2 Å². The van der Waals surface area contributed by atoms with E-state index >= 15 is 0 Å². The summed E-state index contributed by atoms with van der Waals surface area (Å²) in [6.07, 6.45) is 1.49. The predicted molar refractivity (Wildman–Crippen MR) is 114 cm³/mol. The summed E-state index contributed by atoms with van der Waals surface area (Å²) >= 11 is 0. The van der Waals surface area contributed by atoms with Gasteiger partial charge >= 0.3 is 0 Å². The van der Waals surface area contributed by atoms with Gasteiger partial charge in [0, 0.05) is 29.9 Å². The molecule has 9 heteroatoms. The highest BCUT2D eigenvalue weighted by molar-refractivity contribution is 5.98.